The number of rotatable bonds is 11. The summed E-state index contributed by atoms with van der Waals surface area (Å²) in [6.07, 6.45) is 4.56. The second-order valence-corrected chi connectivity index (χ2v) is 10.7. The zero-order valence-electron chi connectivity index (χ0n) is 20.9. The van der Waals surface area contributed by atoms with E-state index >= 15 is 0 Å². The number of fused-ring (bicyclic) bond motifs is 1. The molecule has 0 radical (unpaired) electrons. The Hall–Kier alpha value is -4.51. The molecule has 0 spiro atoms. The van der Waals surface area contributed by atoms with E-state index in [1.807, 2.05) is 78.9 Å². The summed E-state index contributed by atoms with van der Waals surface area (Å²) in [5.41, 5.74) is 5.12. The minimum absolute atomic E-state index is 0.0783. The molecular formula is C29H27N5O4S. The second-order valence-electron chi connectivity index (χ2n) is 8.72. The van der Waals surface area contributed by atoms with E-state index in [0.717, 1.165) is 39.0 Å². The standard InChI is InChI=1S/C29H27N5O4S/c30-19-39(35,36)13-12-31-16-22-14-28(38-18-22)23-6-11-27-26(15-23)29(33-20-32-27)34-24-7-9-25(10-8-24)37-17-21-4-2-1-3-5-21/h1-12,14-15,18-20,30,35-36H,13,16-17H2,(H,32,33,34). The molecular weight excluding hydrogens is 514 g/mol. The number of hydrogen-bond donors (Lipinski definition) is 4. The Kier molecular flexibility index (Phi) is 7.97. The van der Waals surface area contributed by atoms with Crippen LogP contribution in [-0.2, 0) is 13.2 Å². The number of ether oxygens (including phenoxy) is 1. The first-order valence-corrected chi connectivity index (χ1v) is 13.9. The molecule has 5 aromatic rings. The maximum atomic E-state index is 9.51. The van der Waals surface area contributed by atoms with Gasteiger partial charge in [0.05, 0.1) is 24.1 Å². The average molecular weight is 542 g/mol. The molecule has 0 saturated carbocycles. The second kappa shape index (κ2) is 11.9. The minimum Gasteiger partial charge on any atom is -0.489 e. The third-order valence-electron chi connectivity index (χ3n) is 5.85. The molecule has 4 N–H and O–H groups in total. The largest absolute Gasteiger partial charge is 0.489 e. The van der Waals surface area contributed by atoms with Crippen LogP contribution in [0.1, 0.15) is 11.1 Å². The lowest BCUT2D eigenvalue weighted by Gasteiger charge is -2.23. The Balaban J connectivity index is 1.27. The van der Waals surface area contributed by atoms with Gasteiger partial charge in [-0.2, -0.15) is 10.6 Å². The molecule has 0 aliphatic heterocycles. The monoisotopic (exact) mass is 541 g/mol. The normalized spacial score (nSPS) is 12.1. The summed E-state index contributed by atoms with van der Waals surface area (Å²) >= 11 is 0. The molecule has 0 aliphatic carbocycles. The van der Waals surface area contributed by atoms with Gasteiger partial charge in [0.1, 0.15) is 35.8 Å². The van der Waals surface area contributed by atoms with Gasteiger partial charge in [0.15, 0.2) is 0 Å². The summed E-state index contributed by atoms with van der Waals surface area (Å²) in [7, 11) is -3.03. The summed E-state index contributed by atoms with van der Waals surface area (Å²) in [6.45, 7) is 0.830. The topological polar surface area (TPSA) is 137 Å². The molecule has 39 heavy (non-hydrogen) atoms. The zero-order valence-corrected chi connectivity index (χ0v) is 21.7. The van der Waals surface area contributed by atoms with Gasteiger partial charge < -0.3 is 14.5 Å². The Morgan fingerprint density at radius 2 is 1.79 bits per heavy atom. The van der Waals surface area contributed by atoms with Gasteiger partial charge in [-0.15, -0.1) is 0 Å². The first-order valence-electron chi connectivity index (χ1n) is 12.1. The number of benzene rings is 3. The highest BCUT2D eigenvalue weighted by Crippen LogP contribution is 2.33. The highest BCUT2D eigenvalue weighted by Gasteiger charge is 2.10. The fraction of sp³-hybridized carbons (Fsp3) is 0.103. The van der Waals surface area contributed by atoms with E-state index in [1.165, 1.54) is 12.5 Å². The van der Waals surface area contributed by atoms with Crippen molar-refractivity contribution in [3.05, 3.63) is 103 Å². The van der Waals surface area contributed by atoms with Crippen molar-refractivity contribution in [2.24, 2.45) is 4.99 Å². The number of anilines is 2. The Morgan fingerprint density at radius 3 is 2.59 bits per heavy atom. The van der Waals surface area contributed by atoms with Crippen LogP contribution in [0.25, 0.3) is 22.2 Å². The lowest BCUT2D eigenvalue weighted by atomic mass is 10.1. The number of hydrogen-bond acceptors (Lipinski definition) is 9. The molecule has 0 saturated heterocycles. The van der Waals surface area contributed by atoms with Crippen LogP contribution in [0.5, 0.6) is 5.75 Å². The summed E-state index contributed by atoms with van der Waals surface area (Å²) in [4.78, 5) is 13.1. The zero-order chi connectivity index (χ0) is 27.1. The molecule has 10 heteroatoms. The van der Waals surface area contributed by atoms with Crippen LogP contribution in [0, 0.1) is 5.41 Å². The summed E-state index contributed by atoms with van der Waals surface area (Å²) < 4.78 is 30.7. The van der Waals surface area contributed by atoms with Crippen LogP contribution in [0.3, 0.4) is 0 Å². The summed E-state index contributed by atoms with van der Waals surface area (Å²) in [5, 5.41) is 11.2. The lowest BCUT2D eigenvalue weighted by molar-refractivity contribution is 0.306. The highest BCUT2D eigenvalue weighted by molar-refractivity contribution is 8.35. The number of furan rings is 1. The number of aliphatic imine (C=N–C) groups is 1. The van der Waals surface area contributed by atoms with E-state index in [9.17, 15) is 9.11 Å². The molecule has 5 rings (SSSR count). The molecule has 9 nitrogen and oxygen atoms in total. The van der Waals surface area contributed by atoms with Crippen LogP contribution >= 0.6 is 10.6 Å². The fourth-order valence-electron chi connectivity index (χ4n) is 3.81. The van der Waals surface area contributed by atoms with Gasteiger partial charge in [0.25, 0.3) is 0 Å². The van der Waals surface area contributed by atoms with Crippen molar-refractivity contribution in [3.8, 4) is 17.1 Å². The lowest BCUT2D eigenvalue weighted by Crippen LogP contribution is -2.04. The van der Waals surface area contributed by atoms with Crippen LogP contribution < -0.4 is 10.1 Å². The first kappa shape index (κ1) is 26.1. The van der Waals surface area contributed by atoms with Crippen molar-refractivity contribution in [2.45, 2.75) is 13.2 Å². The molecule has 0 aliphatic rings. The third kappa shape index (κ3) is 6.88. The Morgan fingerprint density at radius 1 is 0.974 bits per heavy atom. The molecule has 0 amide bonds. The summed E-state index contributed by atoms with van der Waals surface area (Å²) in [6, 6.07) is 25.5. The molecule has 0 atom stereocenters. The molecule has 2 aromatic heterocycles. The van der Waals surface area contributed by atoms with Crippen LogP contribution in [0.15, 0.2) is 101 Å². The minimum atomic E-state index is -3.03. The number of aromatic nitrogens is 2. The number of nitrogens with zero attached hydrogens (tertiary/aromatic N) is 3. The third-order valence-corrected chi connectivity index (χ3v) is 6.87. The van der Waals surface area contributed by atoms with Gasteiger partial charge in [-0.05, 0) is 54.1 Å². The van der Waals surface area contributed by atoms with E-state index in [2.05, 4.69) is 20.3 Å². The average Bonchev–Trinajstić information content (AvgIpc) is 3.45. The Bertz CT molecular complexity index is 1590. The highest BCUT2D eigenvalue weighted by atomic mass is 32.3. The van der Waals surface area contributed by atoms with Crippen molar-refractivity contribution in [3.63, 3.8) is 0 Å². The van der Waals surface area contributed by atoms with Crippen LogP contribution in [-0.4, -0.2) is 36.6 Å². The predicted octanol–water partition coefficient (Wildman–Crippen LogP) is 7.14. The molecule has 0 unspecified atom stereocenters. The van der Waals surface area contributed by atoms with E-state index < -0.39 is 10.6 Å². The molecule has 0 fully saturated rings. The van der Waals surface area contributed by atoms with Crippen molar-refractivity contribution in [2.75, 3.05) is 11.1 Å². The summed E-state index contributed by atoms with van der Waals surface area (Å²) in [5.74, 6) is 2.03. The molecule has 0 bridgehead atoms. The van der Waals surface area contributed by atoms with Crippen molar-refractivity contribution < 1.29 is 18.3 Å². The van der Waals surface area contributed by atoms with Crippen molar-refractivity contribution >= 4 is 44.8 Å². The van der Waals surface area contributed by atoms with E-state index in [0.29, 0.717) is 30.3 Å². The van der Waals surface area contributed by atoms with E-state index in [4.69, 9.17) is 14.6 Å². The van der Waals surface area contributed by atoms with Gasteiger partial charge in [0, 0.05) is 28.4 Å². The van der Waals surface area contributed by atoms with E-state index in [-0.39, 0.29) is 5.75 Å². The predicted molar refractivity (Wildman–Crippen MR) is 156 cm³/mol. The smallest absolute Gasteiger partial charge is 0.141 e. The van der Waals surface area contributed by atoms with Gasteiger partial charge in [-0.1, -0.05) is 30.3 Å². The SMILES string of the molecule is N=CS(O)(O)CC=NCc1coc(-c2ccc3ncnc(Nc4ccc(OCc5ccccc5)cc4)c3c2)c1. The van der Waals surface area contributed by atoms with Crippen molar-refractivity contribution in [1.29, 1.82) is 5.41 Å². The van der Waals surface area contributed by atoms with Gasteiger partial charge >= 0.3 is 0 Å². The number of nitrogens with one attached hydrogen (secondary N) is 2. The van der Waals surface area contributed by atoms with Gasteiger partial charge in [-0.25, -0.2) is 9.97 Å². The molecule has 2 heterocycles. The first-order chi connectivity index (χ1) is 19.0. The van der Waals surface area contributed by atoms with Crippen LogP contribution in [0.2, 0.25) is 0 Å². The molecule has 198 valence electrons. The van der Waals surface area contributed by atoms with Gasteiger partial charge in [0.2, 0.25) is 0 Å². The Labute approximate surface area is 227 Å². The van der Waals surface area contributed by atoms with Crippen molar-refractivity contribution in [1.82, 2.24) is 9.97 Å². The maximum absolute atomic E-state index is 9.51. The van der Waals surface area contributed by atoms with Gasteiger partial charge in [-0.3, -0.25) is 19.5 Å². The fourth-order valence-corrected chi connectivity index (χ4v) is 4.23. The quantitative estimate of drug-likeness (QED) is 0.103. The van der Waals surface area contributed by atoms with Crippen LogP contribution in [0.4, 0.5) is 11.5 Å². The molecule has 3 aromatic carbocycles. The maximum Gasteiger partial charge on any atom is 0.141 e. The van der Waals surface area contributed by atoms with E-state index in [1.54, 1.807) is 6.26 Å².